The molecule has 0 aliphatic carbocycles. The van der Waals surface area contributed by atoms with Gasteiger partial charge in [0.1, 0.15) is 22.3 Å². The Morgan fingerprint density at radius 2 is 0.551 bits per heavy atom. The average molecular weight is 1250 g/mol. The first-order valence-electron chi connectivity index (χ1n) is 33.5. The summed E-state index contributed by atoms with van der Waals surface area (Å²) >= 11 is 0. The highest BCUT2D eigenvalue weighted by atomic mass is 16.3. The second-order valence-corrected chi connectivity index (χ2v) is 25.5. The molecule has 0 saturated heterocycles. The molecule has 0 atom stereocenters. The fourth-order valence-electron chi connectivity index (χ4n) is 15.1. The van der Waals surface area contributed by atoms with Crippen molar-refractivity contribution in [3.63, 3.8) is 0 Å². The zero-order valence-electron chi connectivity index (χ0n) is 53.4. The Morgan fingerprint density at radius 1 is 0.173 bits per heavy atom. The molecule has 0 unspecified atom stereocenters. The minimum absolute atomic E-state index is 0.854. The second-order valence-electron chi connectivity index (χ2n) is 25.5. The lowest BCUT2D eigenvalue weighted by molar-refractivity contribution is 0.672. The number of hydrogen-bond acceptors (Lipinski definition) is 4. The molecule has 0 saturated carbocycles. The van der Waals surface area contributed by atoms with Crippen LogP contribution in [0.15, 0.2) is 373 Å². The molecule has 0 amide bonds. The van der Waals surface area contributed by atoms with Crippen LogP contribution < -0.4 is 9.80 Å². The van der Waals surface area contributed by atoms with Gasteiger partial charge in [-0.25, -0.2) is 0 Å². The molecular formula is C94H60N2O2. The van der Waals surface area contributed by atoms with Crippen molar-refractivity contribution in [1.29, 1.82) is 0 Å². The largest absolute Gasteiger partial charge is 0.455 e. The summed E-state index contributed by atoms with van der Waals surface area (Å²) in [5.41, 5.74) is 23.3. The van der Waals surface area contributed by atoms with Crippen LogP contribution in [0.5, 0.6) is 0 Å². The summed E-state index contributed by atoms with van der Waals surface area (Å²) in [6.07, 6.45) is 0. The van der Waals surface area contributed by atoms with E-state index in [-0.39, 0.29) is 0 Å². The van der Waals surface area contributed by atoms with Gasteiger partial charge in [0.05, 0.1) is 17.1 Å². The van der Waals surface area contributed by atoms with Gasteiger partial charge in [0.25, 0.3) is 0 Å². The van der Waals surface area contributed by atoms with Crippen molar-refractivity contribution < 1.29 is 8.83 Å². The van der Waals surface area contributed by atoms with Crippen LogP contribution in [-0.4, -0.2) is 0 Å². The minimum atomic E-state index is 0.854. The molecule has 0 spiro atoms. The molecule has 0 aliphatic heterocycles. The SMILES string of the molecule is c1ccc(-c2cccc(N(c3cccc(-c4cccc5ccccc45)c3)c3ccc(-c4ccc(-c5cccc(N(c6ccccc6-c6ccc7oc8c9ccccc9ccc8c7c6)c6cccc7ccccc67)c5)cc4)cc3-c3ccc4oc5c6ccccc6ccc5c4c3)c2)cc1. The average Bonchev–Trinajstić information content (AvgIpc) is 1.40. The highest BCUT2D eigenvalue weighted by Crippen LogP contribution is 2.49. The maximum absolute atomic E-state index is 6.78. The van der Waals surface area contributed by atoms with Gasteiger partial charge in [-0.05, 0) is 180 Å². The molecule has 17 aromatic carbocycles. The predicted octanol–water partition coefficient (Wildman–Crippen LogP) is 27.0. The number of fused-ring (bicyclic) bond motifs is 12. The number of nitrogens with zero attached hydrogens (tertiary/aromatic N) is 2. The topological polar surface area (TPSA) is 32.8 Å². The van der Waals surface area contributed by atoms with Crippen molar-refractivity contribution >= 4 is 121 Å². The van der Waals surface area contributed by atoms with E-state index in [1.165, 1.54) is 21.7 Å². The molecule has 0 radical (unpaired) electrons. The molecule has 19 rings (SSSR count). The summed E-state index contributed by atoms with van der Waals surface area (Å²) in [6.45, 7) is 0. The molecule has 0 fully saturated rings. The monoisotopic (exact) mass is 1250 g/mol. The van der Waals surface area contributed by atoms with Gasteiger partial charge in [0.2, 0.25) is 0 Å². The molecule has 458 valence electrons. The normalized spacial score (nSPS) is 11.7. The third-order valence-electron chi connectivity index (χ3n) is 19.8. The Bertz CT molecular complexity index is 6330. The number of furan rings is 2. The van der Waals surface area contributed by atoms with Gasteiger partial charge in [-0.3, -0.25) is 0 Å². The van der Waals surface area contributed by atoms with Crippen LogP contribution in [0.25, 0.3) is 154 Å². The smallest absolute Gasteiger partial charge is 0.143 e. The van der Waals surface area contributed by atoms with E-state index in [0.717, 1.165) is 166 Å². The Balaban J connectivity index is 0.747. The van der Waals surface area contributed by atoms with Crippen molar-refractivity contribution in [1.82, 2.24) is 0 Å². The van der Waals surface area contributed by atoms with E-state index >= 15 is 0 Å². The summed E-state index contributed by atoms with van der Waals surface area (Å²) in [7, 11) is 0. The Kier molecular flexibility index (Phi) is 13.5. The Labute approximate surface area is 567 Å². The zero-order chi connectivity index (χ0) is 64.6. The first-order valence-corrected chi connectivity index (χ1v) is 33.5. The van der Waals surface area contributed by atoms with Crippen molar-refractivity contribution in [2.75, 3.05) is 9.80 Å². The van der Waals surface area contributed by atoms with Crippen LogP contribution in [-0.2, 0) is 0 Å². The molecule has 98 heavy (non-hydrogen) atoms. The molecule has 19 aromatic rings. The van der Waals surface area contributed by atoms with Gasteiger partial charge in [0, 0.05) is 65.9 Å². The molecule has 4 nitrogen and oxygen atoms in total. The van der Waals surface area contributed by atoms with E-state index in [2.05, 4.69) is 374 Å². The van der Waals surface area contributed by atoms with E-state index in [9.17, 15) is 0 Å². The maximum Gasteiger partial charge on any atom is 0.143 e. The molecule has 0 bridgehead atoms. The zero-order valence-corrected chi connectivity index (χ0v) is 53.4. The number of hydrogen-bond donors (Lipinski definition) is 0. The third kappa shape index (κ3) is 9.76. The Morgan fingerprint density at radius 3 is 1.17 bits per heavy atom. The number of benzene rings is 17. The number of rotatable bonds is 12. The number of para-hydroxylation sites is 1. The lowest BCUT2D eigenvalue weighted by atomic mass is 9.93. The van der Waals surface area contributed by atoms with Gasteiger partial charge in [-0.2, -0.15) is 0 Å². The van der Waals surface area contributed by atoms with E-state index in [4.69, 9.17) is 8.83 Å². The van der Waals surface area contributed by atoms with Gasteiger partial charge in [-0.15, -0.1) is 0 Å². The van der Waals surface area contributed by atoms with Gasteiger partial charge in [-0.1, -0.05) is 267 Å². The highest BCUT2D eigenvalue weighted by molar-refractivity contribution is 6.17. The van der Waals surface area contributed by atoms with Crippen LogP contribution in [0.3, 0.4) is 0 Å². The fourth-order valence-corrected chi connectivity index (χ4v) is 15.1. The van der Waals surface area contributed by atoms with E-state index in [1.807, 2.05) is 0 Å². The van der Waals surface area contributed by atoms with E-state index in [1.54, 1.807) is 0 Å². The fraction of sp³-hybridized carbons (Fsp3) is 0. The molecule has 0 N–H and O–H groups in total. The molecule has 0 aliphatic rings. The second kappa shape index (κ2) is 23.5. The van der Waals surface area contributed by atoms with Crippen molar-refractivity contribution in [2.24, 2.45) is 0 Å². The lowest BCUT2D eigenvalue weighted by Crippen LogP contribution is -2.12. The van der Waals surface area contributed by atoms with Crippen molar-refractivity contribution in [3.8, 4) is 66.8 Å². The van der Waals surface area contributed by atoms with Gasteiger partial charge < -0.3 is 18.6 Å². The summed E-state index contributed by atoms with van der Waals surface area (Å²) in [4.78, 5) is 4.89. The molecular weight excluding hydrogens is 1190 g/mol. The van der Waals surface area contributed by atoms with E-state index in [0.29, 0.717) is 0 Å². The molecule has 2 aromatic heterocycles. The summed E-state index contributed by atoms with van der Waals surface area (Å²) < 4.78 is 13.4. The minimum Gasteiger partial charge on any atom is -0.455 e. The van der Waals surface area contributed by atoms with Crippen LogP contribution in [0, 0.1) is 0 Å². The first kappa shape index (κ1) is 56.5. The Hall–Kier alpha value is -13.0. The standard InChI is InChI=1S/C94H60N2O2/c1-2-19-61(20-3-1)68-27-14-30-74(55-68)95(75-31-16-29-71(57-75)78-38-17-25-64-21-4-8-33-77(64)78)90-52-47-70(58-85(90)73-49-54-92-87(60-73)84-51-46-67-24-7-11-37-82(67)94(84)98-92)63-43-41-62(42-44-63)69-28-15-32-76(56-69)96(89-40-18-26-65-22-5-9-34-79(65)89)88-39-13-12-35-80(88)72-48-53-91-86(59-72)83-50-45-66-23-6-10-36-81(66)93(83)97-91/h1-60H. The molecule has 2 heterocycles. The maximum atomic E-state index is 6.78. The number of anilines is 6. The molecule has 4 heteroatoms. The van der Waals surface area contributed by atoms with E-state index < -0.39 is 0 Å². The van der Waals surface area contributed by atoms with Crippen molar-refractivity contribution in [3.05, 3.63) is 364 Å². The first-order chi connectivity index (χ1) is 48.6. The van der Waals surface area contributed by atoms with Crippen molar-refractivity contribution in [2.45, 2.75) is 0 Å². The van der Waals surface area contributed by atoms with Crippen LogP contribution >= 0.6 is 0 Å². The predicted molar refractivity (Wildman–Crippen MR) is 413 cm³/mol. The van der Waals surface area contributed by atoms with Gasteiger partial charge in [0.15, 0.2) is 0 Å². The summed E-state index contributed by atoms with van der Waals surface area (Å²) in [5, 5.41) is 13.7. The van der Waals surface area contributed by atoms with Crippen LogP contribution in [0.4, 0.5) is 34.1 Å². The van der Waals surface area contributed by atoms with Gasteiger partial charge >= 0.3 is 0 Å². The van der Waals surface area contributed by atoms with Crippen LogP contribution in [0.2, 0.25) is 0 Å². The highest BCUT2D eigenvalue weighted by Gasteiger charge is 2.24. The third-order valence-corrected chi connectivity index (χ3v) is 19.8. The lowest BCUT2D eigenvalue weighted by Gasteiger charge is -2.29. The quantitative estimate of drug-likeness (QED) is 0.122. The summed E-state index contributed by atoms with van der Waals surface area (Å²) in [5.74, 6) is 0. The van der Waals surface area contributed by atoms with Crippen LogP contribution in [0.1, 0.15) is 0 Å². The summed E-state index contributed by atoms with van der Waals surface area (Å²) in [6, 6.07) is 132.